The van der Waals surface area contributed by atoms with E-state index in [1.807, 2.05) is 12.1 Å². The van der Waals surface area contributed by atoms with Crippen molar-refractivity contribution in [2.45, 2.75) is 33.1 Å². The highest BCUT2D eigenvalue weighted by molar-refractivity contribution is 8.14. The van der Waals surface area contributed by atoms with Crippen LogP contribution >= 0.6 is 36.6 Å². The van der Waals surface area contributed by atoms with Gasteiger partial charge in [0.25, 0.3) is 0 Å². The van der Waals surface area contributed by atoms with Crippen molar-refractivity contribution in [1.29, 1.82) is 0 Å². The van der Waals surface area contributed by atoms with Gasteiger partial charge in [0.15, 0.2) is 0 Å². The summed E-state index contributed by atoms with van der Waals surface area (Å²) in [6.07, 6.45) is 3.21. The molecular formula is C17H30Cl2N2OS. The fourth-order valence-corrected chi connectivity index (χ4v) is 3.01. The molecule has 1 aromatic rings. The van der Waals surface area contributed by atoms with Gasteiger partial charge >= 0.3 is 0 Å². The van der Waals surface area contributed by atoms with Crippen LogP contribution in [-0.2, 0) is 6.42 Å². The number of nitrogens with two attached hydrogens (primary N) is 1. The van der Waals surface area contributed by atoms with Crippen molar-refractivity contribution in [3.8, 4) is 0 Å². The molecule has 0 aliphatic rings. The van der Waals surface area contributed by atoms with Crippen LogP contribution in [0.4, 0.5) is 0 Å². The van der Waals surface area contributed by atoms with E-state index >= 15 is 0 Å². The first kappa shape index (κ1) is 25.0. The molecule has 0 unspecified atom stereocenters. The van der Waals surface area contributed by atoms with Crippen LogP contribution in [0.3, 0.4) is 0 Å². The summed E-state index contributed by atoms with van der Waals surface area (Å²) in [7, 11) is 0. The van der Waals surface area contributed by atoms with Gasteiger partial charge in [0.05, 0.1) is 0 Å². The predicted octanol–water partition coefficient (Wildman–Crippen LogP) is 4.03. The van der Waals surface area contributed by atoms with Gasteiger partial charge < -0.3 is 10.6 Å². The first-order valence-electron chi connectivity index (χ1n) is 7.89. The summed E-state index contributed by atoms with van der Waals surface area (Å²) in [4.78, 5) is 14.4. The quantitative estimate of drug-likeness (QED) is 0.622. The summed E-state index contributed by atoms with van der Waals surface area (Å²) >= 11 is 1.42. The largest absolute Gasteiger partial charge is 0.330 e. The van der Waals surface area contributed by atoms with Crippen LogP contribution in [0.1, 0.15) is 42.6 Å². The Morgan fingerprint density at radius 1 is 1.09 bits per heavy atom. The molecule has 1 aromatic carbocycles. The fourth-order valence-electron chi connectivity index (χ4n) is 2.17. The van der Waals surface area contributed by atoms with Crippen LogP contribution in [0.2, 0.25) is 0 Å². The second-order valence-electron chi connectivity index (χ2n) is 5.11. The van der Waals surface area contributed by atoms with Gasteiger partial charge in [0.2, 0.25) is 5.12 Å². The lowest BCUT2D eigenvalue weighted by atomic mass is 10.1. The zero-order chi connectivity index (χ0) is 15.5. The Hall–Kier alpha value is -0.260. The zero-order valence-electron chi connectivity index (χ0n) is 14.1. The topological polar surface area (TPSA) is 46.3 Å². The number of aryl methyl sites for hydroxylation is 1. The molecule has 1 rings (SSSR count). The standard InChI is InChI=1S/C17H28N2OS.2ClH/c1-3-19(4-2)13-14-21-17(20)16-10-8-15(9-11-16)7-5-6-12-18;;/h8-11H,3-7,12-14,18H2,1-2H3;2*1H. The average molecular weight is 381 g/mol. The molecule has 0 heterocycles. The second-order valence-corrected chi connectivity index (χ2v) is 6.17. The highest BCUT2D eigenvalue weighted by Crippen LogP contribution is 2.14. The Morgan fingerprint density at radius 2 is 1.70 bits per heavy atom. The molecule has 23 heavy (non-hydrogen) atoms. The summed E-state index contributed by atoms with van der Waals surface area (Å²) in [5.74, 6) is 0.860. The van der Waals surface area contributed by atoms with Gasteiger partial charge in [-0.25, -0.2) is 0 Å². The van der Waals surface area contributed by atoms with E-state index in [1.165, 1.54) is 17.3 Å². The number of carbonyl (C=O) groups is 1. The first-order valence-corrected chi connectivity index (χ1v) is 8.88. The highest BCUT2D eigenvalue weighted by Gasteiger charge is 2.07. The Morgan fingerprint density at radius 3 is 2.22 bits per heavy atom. The number of hydrogen-bond acceptors (Lipinski definition) is 4. The van der Waals surface area contributed by atoms with Gasteiger partial charge in [-0.2, -0.15) is 0 Å². The number of benzene rings is 1. The van der Waals surface area contributed by atoms with E-state index in [-0.39, 0.29) is 29.9 Å². The number of hydrogen-bond donors (Lipinski definition) is 1. The Kier molecular flexibility index (Phi) is 16.6. The molecule has 0 fully saturated rings. The third-order valence-electron chi connectivity index (χ3n) is 3.64. The van der Waals surface area contributed by atoms with Crippen molar-refractivity contribution >= 4 is 41.7 Å². The molecule has 0 saturated heterocycles. The van der Waals surface area contributed by atoms with E-state index in [0.717, 1.165) is 56.8 Å². The molecule has 0 saturated carbocycles. The van der Waals surface area contributed by atoms with E-state index in [1.54, 1.807) is 0 Å². The second kappa shape index (κ2) is 15.3. The molecular weight excluding hydrogens is 351 g/mol. The van der Waals surface area contributed by atoms with Gasteiger partial charge in [-0.15, -0.1) is 24.8 Å². The molecule has 0 bridgehead atoms. The van der Waals surface area contributed by atoms with Crippen LogP contribution < -0.4 is 5.73 Å². The molecule has 0 aromatic heterocycles. The van der Waals surface area contributed by atoms with Crippen LogP contribution in [0.15, 0.2) is 24.3 Å². The van der Waals surface area contributed by atoms with Crippen LogP contribution in [-0.4, -0.2) is 41.9 Å². The Balaban J connectivity index is 0. The minimum atomic E-state index is 0. The molecule has 3 nitrogen and oxygen atoms in total. The SMILES string of the molecule is CCN(CC)CCSC(=O)c1ccc(CCCCN)cc1.Cl.Cl. The molecule has 0 atom stereocenters. The number of thioether (sulfide) groups is 1. The summed E-state index contributed by atoms with van der Waals surface area (Å²) in [6, 6.07) is 8.03. The van der Waals surface area contributed by atoms with Crippen molar-refractivity contribution in [1.82, 2.24) is 4.90 Å². The lowest BCUT2D eigenvalue weighted by Gasteiger charge is -2.16. The van der Waals surface area contributed by atoms with Gasteiger partial charge in [0, 0.05) is 17.9 Å². The third kappa shape index (κ3) is 10.3. The molecule has 134 valence electrons. The lowest BCUT2D eigenvalue weighted by molar-refractivity contribution is 0.108. The van der Waals surface area contributed by atoms with Gasteiger partial charge in [-0.1, -0.05) is 49.9 Å². The third-order valence-corrected chi connectivity index (χ3v) is 4.53. The van der Waals surface area contributed by atoms with Crippen LogP contribution in [0.25, 0.3) is 0 Å². The summed E-state index contributed by atoms with van der Waals surface area (Å²) in [5.41, 5.74) is 7.59. The smallest absolute Gasteiger partial charge is 0.219 e. The van der Waals surface area contributed by atoms with E-state index in [9.17, 15) is 4.79 Å². The van der Waals surface area contributed by atoms with Crippen LogP contribution in [0, 0.1) is 0 Å². The number of nitrogens with zero attached hydrogens (tertiary/aromatic N) is 1. The van der Waals surface area contributed by atoms with E-state index in [4.69, 9.17) is 5.73 Å². The number of halogens is 2. The summed E-state index contributed by atoms with van der Waals surface area (Å²) in [6.45, 7) is 8.12. The zero-order valence-corrected chi connectivity index (χ0v) is 16.6. The van der Waals surface area contributed by atoms with Crippen LogP contribution in [0.5, 0.6) is 0 Å². The predicted molar refractivity (Wildman–Crippen MR) is 108 cm³/mol. The van der Waals surface area contributed by atoms with E-state index in [2.05, 4.69) is 30.9 Å². The maximum absolute atomic E-state index is 12.1. The maximum atomic E-state index is 12.1. The van der Waals surface area contributed by atoms with Crippen molar-refractivity contribution in [3.63, 3.8) is 0 Å². The highest BCUT2D eigenvalue weighted by atomic mass is 35.5. The molecule has 0 amide bonds. The van der Waals surface area contributed by atoms with Gasteiger partial charge in [-0.3, -0.25) is 4.79 Å². The normalized spacial score (nSPS) is 10.1. The molecule has 0 spiro atoms. The summed E-state index contributed by atoms with van der Waals surface area (Å²) in [5, 5.41) is 0.177. The molecule has 0 radical (unpaired) electrons. The monoisotopic (exact) mass is 380 g/mol. The molecule has 0 aliphatic heterocycles. The van der Waals surface area contributed by atoms with Gasteiger partial charge in [0.1, 0.15) is 0 Å². The minimum Gasteiger partial charge on any atom is -0.330 e. The van der Waals surface area contributed by atoms with Gasteiger partial charge in [-0.05, 0) is 44.5 Å². The van der Waals surface area contributed by atoms with Crippen molar-refractivity contribution in [2.24, 2.45) is 5.73 Å². The first-order chi connectivity index (χ1) is 10.2. The van der Waals surface area contributed by atoms with E-state index in [0.29, 0.717) is 0 Å². The Bertz CT molecular complexity index is 412. The maximum Gasteiger partial charge on any atom is 0.219 e. The van der Waals surface area contributed by atoms with Crippen molar-refractivity contribution < 1.29 is 4.79 Å². The van der Waals surface area contributed by atoms with E-state index < -0.39 is 0 Å². The average Bonchev–Trinajstić information content (AvgIpc) is 2.52. The fraction of sp³-hybridized carbons (Fsp3) is 0.588. The lowest BCUT2D eigenvalue weighted by Crippen LogP contribution is -2.25. The van der Waals surface area contributed by atoms with Crippen molar-refractivity contribution in [2.75, 3.05) is 31.9 Å². The Labute approximate surface area is 157 Å². The van der Waals surface area contributed by atoms with Crippen molar-refractivity contribution in [3.05, 3.63) is 35.4 Å². The number of unbranched alkanes of at least 4 members (excludes halogenated alkanes) is 1. The number of rotatable bonds is 10. The summed E-state index contributed by atoms with van der Waals surface area (Å²) < 4.78 is 0. The molecule has 0 aliphatic carbocycles. The molecule has 6 heteroatoms. The number of carbonyl (C=O) groups excluding carboxylic acids is 1. The minimum absolute atomic E-state index is 0. The molecule has 2 N–H and O–H groups in total.